The molecule has 0 aliphatic heterocycles. The number of benzene rings is 1. The van der Waals surface area contributed by atoms with E-state index in [9.17, 15) is 4.79 Å². The highest BCUT2D eigenvalue weighted by molar-refractivity contribution is 6.18. The number of carbonyl (C=O) groups is 1. The minimum atomic E-state index is -0.0156. The van der Waals surface area contributed by atoms with Gasteiger partial charge >= 0.3 is 0 Å². The van der Waals surface area contributed by atoms with E-state index < -0.39 is 0 Å². The van der Waals surface area contributed by atoms with Crippen LogP contribution in [0.15, 0.2) is 18.2 Å². The summed E-state index contributed by atoms with van der Waals surface area (Å²) in [6, 6.07) is 5.76. The van der Waals surface area contributed by atoms with E-state index in [1.54, 1.807) is 0 Å². The molecule has 0 aliphatic rings. The first-order valence-electron chi connectivity index (χ1n) is 5.46. The van der Waals surface area contributed by atoms with Gasteiger partial charge in [0.05, 0.1) is 0 Å². The van der Waals surface area contributed by atoms with Crippen LogP contribution in [0.4, 0.5) is 0 Å². The van der Waals surface area contributed by atoms with Crippen LogP contribution < -0.4 is 5.32 Å². The Morgan fingerprint density at radius 1 is 1.44 bits per heavy atom. The van der Waals surface area contributed by atoms with E-state index >= 15 is 0 Å². The van der Waals surface area contributed by atoms with E-state index in [1.807, 2.05) is 39.0 Å². The lowest BCUT2D eigenvalue weighted by Crippen LogP contribution is -2.29. The Kier molecular flexibility index (Phi) is 4.81. The van der Waals surface area contributed by atoms with Gasteiger partial charge < -0.3 is 5.32 Å². The number of rotatable bonds is 4. The molecule has 3 heteroatoms. The topological polar surface area (TPSA) is 29.1 Å². The molecule has 0 aliphatic carbocycles. The Bertz CT molecular complexity index is 376. The maximum Gasteiger partial charge on any atom is 0.251 e. The van der Waals surface area contributed by atoms with E-state index in [0.29, 0.717) is 18.3 Å². The molecule has 1 aromatic rings. The first-order chi connectivity index (χ1) is 7.56. The fraction of sp³-hybridized carbons (Fsp3) is 0.462. The summed E-state index contributed by atoms with van der Waals surface area (Å²) in [7, 11) is 0. The van der Waals surface area contributed by atoms with Crippen molar-refractivity contribution in [2.45, 2.75) is 20.8 Å². The zero-order valence-corrected chi connectivity index (χ0v) is 10.8. The van der Waals surface area contributed by atoms with Gasteiger partial charge in [-0.3, -0.25) is 4.79 Å². The second-order valence-corrected chi connectivity index (χ2v) is 4.53. The third-order valence-corrected chi connectivity index (χ3v) is 3.25. The van der Waals surface area contributed by atoms with Gasteiger partial charge in [-0.1, -0.05) is 19.1 Å². The lowest BCUT2D eigenvalue weighted by molar-refractivity contribution is 0.0948. The Hall–Kier alpha value is -1.02. The number of hydrogen-bond donors (Lipinski definition) is 1. The lowest BCUT2D eigenvalue weighted by Gasteiger charge is -2.11. The third kappa shape index (κ3) is 3.24. The zero-order chi connectivity index (χ0) is 12.1. The Morgan fingerprint density at radius 3 is 2.75 bits per heavy atom. The molecule has 0 aromatic heterocycles. The van der Waals surface area contributed by atoms with Gasteiger partial charge in [0.25, 0.3) is 5.91 Å². The predicted octanol–water partition coefficient (Wildman–Crippen LogP) is 2.91. The molecule has 0 bridgehead atoms. The van der Waals surface area contributed by atoms with Gasteiger partial charge in [0.15, 0.2) is 0 Å². The summed E-state index contributed by atoms with van der Waals surface area (Å²) in [4.78, 5) is 11.9. The van der Waals surface area contributed by atoms with Gasteiger partial charge in [-0.25, -0.2) is 0 Å². The van der Waals surface area contributed by atoms with Crippen molar-refractivity contribution < 1.29 is 4.79 Å². The summed E-state index contributed by atoms with van der Waals surface area (Å²) >= 11 is 5.69. The molecule has 0 spiro atoms. The van der Waals surface area contributed by atoms with E-state index in [2.05, 4.69) is 5.32 Å². The van der Waals surface area contributed by atoms with Gasteiger partial charge in [0, 0.05) is 18.0 Å². The quantitative estimate of drug-likeness (QED) is 0.805. The summed E-state index contributed by atoms with van der Waals surface area (Å²) in [5, 5.41) is 2.89. The normalized spacial score (nSPS) is 12.2. The number of aryl methyl sites for hydroxylation is 1. The molecule has 2 nitrogen and oxygen atoms in total. The number of carbonyl (C=O) groups excluding carboxylic acids is 1. The van der Waals surface area contributed by atoms with Crippen LogP contribution in [0.2, 0.25) is 0 Å². The van der Waals surface area contributed by atoms with Gasteiger partial charge in [-0.05, 0) is 37.0 Å². The second-order valence-electron chi connectivity index (χ2n) is 4.22. The number of alkyl halides is 1. The molecule has 0 radical (unpaired) electrons. The SMILES string of the molecule is Cc1cccc(C(=O)NCC(C)CCl)c1C. The highest BCUT2D eigenvalue weighted by Crippen LogP contribution is 2.12. The average molecular weight is 240 g/mol. The molecule has 1 N–H and O–H groups in total. The zero-order valence-electron chi connectivity index (χ0n) is 10.0. The van der Waals surface area contributed by atoms with Crippen molar-refractivity contribution >= 4 is 17.5 Å². The molecular weight excluding hydrogens is 222 g/mol. The van der Waals surface area contributed by atoms with Gasteiger partial charge in [-0.15, -0.1) is 11.6 Å². The first-order valence-corrected chi connectivity index (χ1v) is 6.00. The largest absolute Gasteiger partial charge is 0.352 e. The average Bonchev–Trinajstić information content (AvgIpc) is 2.29. The van der Waals surface area contributed by atoms with Crippen LogP contribution in [0.25, 0.3) is 0 Å². The highest BCUT2D eigenvalue weighted by Gasteiger charge is 2.10. The van der Waals surface area contributed by atoms with Crippen molar-refractivity contribution in [3.63, 3.8) is 0 Å². The number of nitrogens with one attached hydrogen (secondary N) is 1. The molecule has 0 fully saturated rings. The number of halogens is 1. The highest BCUT2D eigenvalue weighted by atomic mass is 35.5. The number of amides is 1. The minimum absolute atomic E-state index is 0.0156. The molecule has 88 valence electrons. The lowest BCUT2D eigenvalue weighted by atomic mass is 10.0. The Labute approximate surface area is 102 Å². The molecule has 1 amide bonds. The standard InChI is InChI=1S/C13H18ClNO/c1-9(7-14)8-15-13(16)12-6-4-5-10(2)11(12)3/h4-6,9H,7-8H2,1-3H3,(H,15,16). The monoisotopic (exact) mass is 239 g/mol. The van der Waals surface area contributed by atoms with Crippen LogP contribution in [0.1, 0.15) is 28.4 Å². The van der Waals surface area contributed by atoms with Gasteiger partial charge in [-0.2, -0.15) is 0 Å². The third-order valence-electron chi connectivity index (χ3n) is 2.72. The van der Waals surface area contributed by atoms with E-state index in [0.717, 1.165) is 16.7 Å². The number of hydrogen-bond acceptors (Lipinski definition) is 1. The molecule has 0 heterocycles. The summed E-state index contributed by atoms with van der Waals surface area (Å²) < 4.78 is 0. The molecule has 0 saturated carbocycles. The molecule has 1 rings (SSSR count). The smallest absolute Gasteiger partial charge is 0.251 e. The predicted molar refractivity (Wildman–Crippen MR) is 68.1 cm³/mol. The van der Waals surface area contributed by atoms with Crippen molar-refractivity contribution in [2.24, 2.45) is 5.92 Å². The fourth-order valence-corrected chi connectivity index (χ4v) is 1.52. The maximum absolute atomic E-state index is 11.9. The van der Waals surface area contributed by atoms with Crippen LogP contribution in [-0.2, 0) is 0 Å². The van der Waals surface area contributed by atoms with Crippen LogP contribution >= 0.6 is 11.6 Å². The fourth-order valence-electron chi connectivity index (χ4n) is 1.41. The molecule has 1 unspecified atom stereocenters. The summed E-state index contributed by atoms with van der Waals surface area (Å²) in [5.41, 5.74) is 2.93. The van der Waals surface area contributed by atoms with Crippen molar-refractivity contribution in [1.29, 1.82) is 0 Å². The molecule has 16 heavy (non-hydrogen) atoms. The molecule has 1 aromatic carbocycles. The minimum Gasteiger partial charge on any atom is -0.352 e. The van der Waals surface area contributed by atoms with Crippen molar-refractivity contribution in [1.82, 2.24) is 5.32 Å². The van der Waals surface area contributed by atoms with Crippen molar-refractivity contribution in [3.05, 3.63) is 34.9 Å². The Balaban J connectivity index is 2.70. The molecule has 0 saturated heterocycles. The van der Waals surface area contributed by atoms with Gasteiger partial charge in [0.1, 0.15) is 0 Å². The van der Waals surface area contributed by atoms with E-state index in [1.165, 1.54) is 0 Å². The first kappa shape index (κ1) is 13.0. The Morgan fingerprint density at radius 2 is 2.12 bits per heavy atom. The summed E-state index contributed by atoms with van der Waals surface area (Å²) in [6.45, 7) is 6.61. The second kappa shape index (κ2) is 5.90. The van der Waals surface area contributed by atoms with E-state index in [-0.39, 0.29) is 5.91 Å². The van der Waals surface area contributed by atoms with Crippen molar-refractivity contribution in [3.8, 4) is 0 Å². The van der Waals surface area contributed by atoms with Crippen LogP contribution in [-0.4, -0.2) is 18.3 Å². The van der Waals surface area contributed by atoms with Crippen LogP contribution in [0, 0.1) is 19.8 Å². The summed E-state index contributed by atoms with van der Waals surface area (Å²) in [5.74, 6) is 0.849. The van der Waals surface area contributed by atoms with Gasteiger partial charge in [0.2, 0.25) is 0 Å². The van der Waals surface area contributed by atoms with Crippen LogP contribution in [0.3, 0.4) is 0 Å². The molecule has 1 atom stereocenters. The van der Waals surface area contributed by atoms with Crippen molar-refractivity contribution in [2.75, 3.05) is 12.4 Å². The molecular formula is C13H18ClNO. The summed E-state index contributed by atoms with van der Waals surface area (Å²) in [6.07, 6.45) is 0. The maximum atomic E-state index is 11.9. The van der Waals surface area contributed by atoms with E-state index in [4.69, 9.17) is 11.6 Å². The van der Waals surface area contributed by atoms with Crippen LogP contribution in [0.5, 0.6) is 0 Å².